The smallest absolute Gasteiger partial charge is 0.202 e. The summed E-state index contributed by atoms with van der Waals surface area (Å²) in [4.78, 5) is 14.7. The summed E-state index contributed by atoms with van der Waals surface area (Å²) in [6.07, 6.45) is 5.49. The number of Topliss-reactive ketones (excluding diaryl/α,β-unsaturated/α-hetero) is 1. The van der Waals surface area contributed by atoms with Crippen molar-refractivity contribution in [1.29, 1.82) is 0 Å². The molecule has 0 saturated carbocycles. The van der Waals surface area contributed by atoms with Gasteiger partial charge in [0.05, 0.1) is 5.54 Å². The molecule has 1 aliphatic rings. The number of carbonyl (C=O) groups excluding carboxylic acids is 1. The number of piperidine rings is 1. The molecule has 0 unspecified atom stereocenters. The Morgan fingerprint density at radius 3 is 2.47 bits per heavy atom. The van der Waals surface area contributed by atoms with Crippen LogP contribution in [0.1, 0.15) is 43.6 Å². The van der Waals surface area contributed by atoms with Gasteiger partial charge in [-0.2, -0.15) is 5.10 Å². The highest BCUT2D eigenvalue weighted by atomic mass is 16.1. The molecule has 0 aromatic carbocycles. The summed E-state index contributed by atoms with van der Waals surface area (Å²) in [5.74, 6) is 0.125. The number of rotatable bonds is 3. The number of nitrogens with zero attached hydrogens (tertiary/aromatic N) is 3. The topological polar surface area (TPSA) is 38.1 Å². The number of carbonyl (C=O) groups is 1. The van der Waals surface area contributed by atoms with E-state index in [1.807, 2.05) is 27.1 Å². The zero-order chi connectivity index (χ0) is 12.5. The molecule has 0 atom stereocenters. The monoisotopic (exact) mass is 235 g/mol. The Morgan fingerprint density at radius 2 is 1.94 bits per heavy atom. The molecule has 1 aromatic heterocycles. The van der Waals surface area contributed by atoms with Crippen LogP contribution < -0.4 is 0 Å². The molecule has 0 radical (unpaired) electrons. The Kier molecular flexibility index (Phi) is 3.33. The first-order chi connectivity index (χ1) is 8.01. The highest BCUT2D eigenvalue weighted by Crippen LogP contribution is 2.23. The number of likely N-dealkylation sites (tertiary alicyclic amines) is 1. The molecule has 2 rings (SSSR count). The van der Waals surface area contributed by atoms with Gasteiger partial charge >= 0.3 is 0 Å². The van der Waals surface area contributed by atoms with Crippen molar-refractivity contribution in [2.24, 2.45) is 7.05 Å². The predicted molar refractivity (Wildman–Crippen MR) is 67.0 cm³/mol. The first kappa shape index (κ1) is 12.3. The van der Waals surface area contributed by atoms with Gasteiger partial charge in [0.2, 0.25) is 5.78 Å². The molecule has 2 heterocycles. The maximum atomic E-state index is 12.5. The van der Waals surface area contributed by atoms with E-state index in [2.05, 4.69) is 10.00 Å². The summed E-state index contributed by atoms with van der Waals surface area (Å²) in [7, 11) is 1.84. The van der Waals surface area contributed by atoms with Crippen molar-refractivity contribution >= 4 is 5.78 Å². The first-order valence-electron chi connectivity index (χ1n) is 6.31. The third kappa shape index (κ3) is 2.41. The Balaban J connectivity index is 2.16. The number of hydrogen-bond donors (Lipinski definition) is 0. The molecule has 0 bridgehead atoms. The summed E-state index contributed by atoms with van der Waals surface area (Å²) in [5, 5.41) is 4.21. The molecule has 0 spiro atoms. The molecule has 1 aliphatic heterocycles. The van der Waals surface area contributed by atoms with Crippen molar-refractivity contribution in [3.05, 3.63) is 18.0 Å². The zero-order valence-electron chi connectivity index (χ0n) is 10.9. The lowest BCUT2D eigenvalue weighted by molar-refractivity contribution is 0.0573. The highest BCUT2D eigenvalue weighted by molar-refractivity contribution is 6.01. The second-order valence-corrected chi connectivity index (χ2v) is 5.31. The summed E-state index contributed by atoms with van der Waals surface area (Å²) >= 11 is 0. The molecule has 4 heteroatoms. The van der Waals surface area contributed by atoms with Crippen molar-refractivity contribution < 1.29 is 4.79 Å². The van der Waals surface area contributed by atoms with Crippen molar-refractivity contribution in [2.45, 2.75) is 38.6 Å². The SMILES string of the molecule is Cn1ccc(C(=O)C(C)(C)N2CCCCC2)n1. The standard InChI is InChI=1S/C13H21N3O/c1-13(2,16-8-5-4-6-9-16)12(17)11-7-10-15(3)14-11/h7,10H,4-6,8-9H2,1-3H3. The van der Waals surface area contributed by atoms with Crippen LogP contribution in [0, 0.1) is 0 Å². The van der Waals surface area contributed by atoms with Gasteiger partial charge in [-0.15, -0.1) is 0 Å². The highest BCUT2D eigenvalue weighted by Gasteiger charge is 2.36. The second-order valence-electron chi connectivity index (χ2n) is 5.31. The summed E-state index contributed by atoms with van der Waals surface area (Å²) in [6, 6.07) is 1.80. The molecule has 0 N–H and O–H groups in total. The number of hydrogen-bond acceptors (Lipinski definition) is 3. The van der Waals surface area contributed by atoms with Crippen LogP contribution >= 0.6 is 0 Å². The maximum Gasteiger partial charge on any atom is 0.202 e. The van der Waals surface area contributed by atoms with Crippen LogP contribution in [0.2, 0.25) is 0 Å². The Bertz CT molecular complexity index is 403. The van der Waals surface area contributed by atoms with E-state index in [0.29, 0.717) is 5.69 Å². The Labute approximate surface area is 103 Å². The van der Waals surface area contributed by atoms with Gasteiger partial charge in [0, 0.05) is 13.2 Å². The minimum Gasteiger partial charge on any atom is -0.291 e. The molecule has 1 saturated heterocycles. The Hall–Kier alpha value is -1.16. The molecule has 0 amide bonds. The third-order valence-corrected chi connectivity index (χ3v) is 3.65. The molecule has 0 aliphatic carbocycles. The van der Waals surface area contributed by atoms with Gasteiger partial charge in [0.25, 0.3) is 0 Å². The summed E-state index contributed by atoms with van der Waals surface area (Å²) < 4.78 is 1.68. The van der Waals surface area contributed by atoms with Crippen molar-refractivity contribution in [1.82, 2.24) is 14.7 Å². The van der Waals surface area contributed by atoms with Crippen LogP contribution in [0.3, 0.4) is 0 Å². The number of aromatic nitrogens is 2. The summed E-state index contributed by atoms with van der Waals surface area (Å²) in [6.45, 7) is 6.06. The van der Waals surface area contributed by atoms with E-state index in [9.17, 15) is 4.79 Å². The molecular weight excluding hydrogens is 214 g/mol. The van der Waals surface area contributed by atoms with E-state index in [-0.39, 0.29) is 5.78 Å². The van der Waals surface area contributed by atoms with E-state index in [1.54, 1.807) is 10.7 Å². The van der Waals surface area contributed by atoms with Gasteiger partial charge in [0.1, 0.15) is 5.69 Å². The number of aryl methyl sites for hydroxylation is 1. The second kappa shape index (κ2) is 4.61. The quantitative estimate of drug-likeness (QED) is 0.751. The van der Waals surface area contributed by atoms with Crippen molar-refractivity contribution in [2.75, 3.05) is 13.1 Å². The molecule has 1 fully saturated rings. The number of ketones is 1. The summed E-state index contributed by atoms with van der Waals surface area (Å²) in [5.41, 5.74) is 0.137. The van der Waals surface area contributed by atoms with Gasteiger partial charge in [-0.25, -0.2) is 0 Å². The van der Waals surface area contributed by atoms with Gasteiger partial charge in [0.15, 0.2) is 0 Å². The average Bonchev–Trinajstić information content (AvgIpc) is 2.76. The van der Waals surface area contributed by atoms with Gasteiger partial charge < -0.3 is 0 Å². The average molecular weight is 235 g/mol. The first-order valence-corrected chi connectivity index (χ1v) is 6.31. The van der Waals surface area contributed by atoms with E-state index in [1.165, 1.54) is 19.3 Å². The largest absolute Gasteiger partial charge is 0.291 e. The van der Waals surface area contributed by atoms with Crippen LogP contribution in [-0.2, 0) is 7.05 Å². The molecule has 1 aromatic rings. The minimum absolute atomic E-state index is 0.125. The van der Waals surface area contributed by atoms with Gasteiger partial charge in [-0.1, -0.05) is 6.42 Å². The molecular formula is C13H21N3O. The van der Waals surface area contributed by atoms with Crippen LogP contribution in [0.5, 0.6) is 0 Å². The predicted octanol–water partition coefficient (Wildman–Crippen LogP) is 1.87. The fourth-order valence-corrected chi connectivity index (χ4v) is 2.45. The normalized spacial score (nSPS) is 18.3. The van der Waals surface area contributed by atoms with Crippen LogP contribution in [0.15, 0.2) is 12.3 Å². The maximum absolute atomic E-state index is 12.5. The molecule has 4 nitrogen and oxygen atoms in total. The van der Waals surface area contributed by atoms with E-state index >= 15 is 0 Å². The fourth-order valence-electron chi connectivity index (χ4n) is 2.45. The Morgan fingerprint density at radius 1 is 1.29 bits per heavy atom. The lowest BCUT2D eigenvalue weighted by atomic mass is 9.92. The lowest BCUT2D eigenvalue weighted by Gasteiger charge is -2.39. The van der Waals surface area contributed by atoms with E-state index in [0.717, 1.165) is 13.1 Å². The van der Waals surface area contributed by atoms with Gasteiger partial charge in [-0.3, -0.25) is 14.4 Å². The molecule has 17 heavy (non-hydrogen) atoms. The van der Waals surface area contributed by atoms with Gasteiger partial charge in [-0.05, 0) is 45.8 Å². The fraction of sp³-hybridized carbons (Fsp3) is 0.692. The molecule has 94 valence electrons. The third-order valence-electron chi connectivity index (χ3n) is 3.65. The van der Waals surface area contributed by atoms with Crippen LogP contribution in [0.25, 0.3) is 0 Å². The minimum atomic E-state index is -0.436. The van der Waals surface area contributed by atoms with Crippen LogP contribution in [0.4, 0.5) is 0 Å². The van der Waals surface area contributed by atoms with Crippen molar-refractivity contribution in [3.8, 4) is 0 Å². The van der Waals surface area contributed by atoms with Crippen molar-refractivity contribution in [3.63, 3.8) is 0 Å². The van der Waals surface area contributed by atoms with E-state index in [4.69, 9.17) is 0 Å². The van der Waals surface area contributed by atoms with Crippen LogP contribution in [-0.4, -0.2) is 39.1 Å². The lowest BCUT2D eigenvalue weighted by Crippen LogP contribution is -2.52. The zero-order valence-corrected chi connectivity index (χ0v) is 10.9. The van der Waals surface area contributed by atoms with E-state index < -0.39 is 5.54 Å².